The summed E-state index contributed by atoms with van der Waals surface area (Å²) in [6.07, 6.45) is 4.12. The Hall–Kier alpha value is -2.39. The van der Waals surface area contributed by atoms with Crippen molar-refractivity contribution in [3.05, 3.63) is 54.1 Å². The third-order valence-electron chi connectivity index (χ3n) is 4.11. The molecule has 1 aliphatic rings. The molecular weight excluding hydrogens is 358 g/mol. The zero-order valence-corrected chi connectivity index (χ0v) is 15.2. The number of rotatable bonds is 6. The Balaban J connectivity index is 1.66. The van der Waals surface area contributed by atoms with Crippen LogP contribution in [-0.4, -0.2) is 54.3 Å². The molecule has 2 atom stereocenters. The molecule has 2 heterocycles. The van der Waals surface area contributed by atoms with E-state index in [2.05, 4.69) is 9.97 Å². The molecule has 1 N–H and O–H groups in total. The Bertz CT molecular complexity index is 823. The number of amides is 1. The fourth-order valence-corrected chi connectivity index (χ4v) is 3.68. The fourth-order valence-electron chi connectivity index (χ4n) is 3.04. The number of nitrogens with one attached hydrogen (secondary N) is 1. The molecule has 2 unspecified atom stereocenters. The number of carbonyl (C=O) groups excluding carboxylic acids is 1. The van der Waals surface area contributed by atoms with Crippen molar-refractivity contribution in [2.45, 2.75) is 31.6 Å². The van der Waals surface area contributed by atoms with E-state index in [0.29, 0.717) is 12.8 Å². The van der Waals surface area contributed by atoms with Crippen molar-refractivity contribution in [1.29, 1.82) is 0 Å². The highest BCUT2D eigenvalue weighted by atomic mass is 32.2. The van der Waals surface area contributed by atoms with Crippen LogP contribution >= 0.6 is 0 Å². The van der Waals surface area contributed by atoms with E-state index < -0.39 is 22.3 Å². The topological polar surface area (TPSA) is 102 Å². The molecule has 2 aromatic rings. The molecule has 1 aliphatic heterocycles. The zero-order valence-electron chi connectivity index (χ0n) is 14.4. The molecule has 3 rings (SSSR count). The molecule has 1 aromatic carbocycles. The van der Waals surface area contributed by atoms with Crippen LogP contribution in [0.15, 0.2) is 42.7 Å². The van der Waals surface area contributed by atoms with Crippen LogP contribution in [0.3, 0.4) is 0 Å². The molecule has 9 heteroatoms. The van der Waals surface area contributed by atoms with Gasteiger partial charge in [0.2, 0.25) is 0 Å². The first-order valence-corrected chi connectivity index (χ1v) is 10.1. The fraction of sp³-hybridized carbons (Fsp3) is 0.412. The average molecular weight is 379 g/mol. The number of hydrogen-bond donors (Lipinski definition) is 1. The van der Waals surface area contributed by atoms with Gasteiger partial charge in [0.05, 0.1) is 18.9 Å². The van der Waals surface area contributed by atoms with E-state index >= 15 is 0 Å². The number of benzene rings is 1. The first kappa shape index (κ1) is 18.4. The quantitative estimate of drug-likeness (QED) is 0.767. The lowest BCUT2D eigenvalue weighted by Crippen LogP contribution is -2.38. The van der Waals surface area contributed by atoms with Crippen molar-refractivity contribution < 1.29 is 22.1 Å². The molecule has 0 aliphatic carbocycles. The Labute approximate surface area is 152 Å². The summed E-state index contributed by atoms with van der Waals surface area (Å²) in [6.45, 7) is 0.313. The van der Waals surface area contributed by atoms with Crippen LogP contribution in [0.5, 0.6) is 0 Å². The Kier molecular flexibility index (Phi) is 5.58. The highest BCUT2D eigenvalue weighted by molar-refractivity contribution is 7.86. The molecule has 0 spiro atoms. The lowest BCUT2D eigenvalue weighted by molar-refractivity contribution is 0.0889. The molecule has 26 heavy (non-hydrogen) atoms. The third kappa shape index (κ3) is 5.06. The van der Waals surface area contributed by atoms with Gasteiger partial charge in [0, 0.05) is 24.9 Å². The molecule has 0 bridgehead atoms. The molecular formula is C17H21N3O5S. The Morgan fingerprint density at radius 2 is 2.12 bits per heavy atom. The van der Waals surface area contributed by atoms with E-state index in [1.54, 1.807) is 12.4 Å². The second-order valence-corrected chi connectivity index (χ2v) is 7.85. The lowest BCUT2D eigenvalue weighted by Gasteiger charge is -2.23. The van der Waals surface area contributed by atoms with Crippen molar-refractivity contribution in [2.24, 2.45) is 0 Å². The monoisotopic (exact) mass is 379 g/mol. The average Bonchev–Trinajstić information content (AvgIpc) is 3.22. The van der Waals surface area contributed by atoms with Gasteiger partial charge in [-0.1, -0.05) is 30.3 Å². The Morgan fingerprint density at radius 1 is 1.35 bits per heavy atom. The number of aromatic nitrogens is 2. The number of nitrogens with zero attached hydrogens (tertiary/aromatic N) is 2. The molecule has 140 valence electrons. The SMILES string of the molecule is CS(=O)(=O)OC1CC(Cc2ncc[nH]2)N(C(=O)OCc2ccccc2)C1. The van der Waals surface area contributed by atoms with Crippen LogP contribution in [0.4, 0.5) is 4.79 Å². The summed E-state index contributed by atoms with van der Waals surface area (Å²) in [7, 11) is -3.60. The second-order valence-electron chi connectivity index (χ2n) is 6.24. The van der Waals surface area contributed by atoms with Crippen molar-refractivity contribution in [2.75, 3.05) is 12.8 Å². The second kappa shape index (κ2) is 7.88. The van der Waals surface area contributed by atoms with Gasteiger partial charge in [-0.15, -0.1) is 0 Å². The van der Waals surface area contributed by atoms with Gasteiger partial charge in [0.25, 0.3) is 10.1 Å². The zero-order chi connectivity index (χ0) is 18.6. The number of aromatic amines is 1. The van der Waals surface area contributed by atoms with E-state index in [1.165, 1.54) is 4.90 Å². The van der Waals surface area contributed by atoms with Crippen molar-refractivity contribution in [3.8, 4) is 0 Å². The summed E-state index contributed by atoms with van der Waals surface area (Å²) in [4.78, 5) is 21.2. The number of ether oxygens (including phenoxy) is 1. The van der Waals surface area contributed by atoms with Crippen LogP contribution in [0.25, 0.3) is 0 Å². The molecule has 0 radical (unpaired) electrons. The maximum atomic E-state index is 12.5. The van der Waals surface area contributed by atoms with Gasteiger partial charge in [-0.05, 0) is 12.0 Å². The van der Waals surface area contributed by atoms with Crippen molar-refractivity contribution >= 4 is 16.2 Å². The van der Waals surface area contributed by atoms with Crippen LogP contribution in [0, 0.1) is 0 Å². The van der Waals surface area contributed by atoms with Gasteiger partial charge >= 0.3 is 6.09 Å². The van der Waals surface area contributed by atoms with Crippen molar-refractivity contribution in [3.63, 3.8) is 0 Å². The van der Waals surface area contributed by atoms with Crippen LogP contribution < -0.4 is 0 Å². The van der Waals surface area contributed by atoms with Gasteiger partial charge in [0.1, 0.15) is 12.4 Å². The highest BCUT2D eigenvalue weighted by Crippen LogP contribution is 2.25. The summed E-state index contributed by atoms with van der Waals surface area (Å²) < 4.78 is 33.3. The molecule has 8 nitrogen and oxygen atoms in total. The van der Waals surface area contributed by atoms with Gasteiger partial charge in [-0.25, -0.2) is 9.78 Å². The van der Waals surface area contributed by atoms with Crippen LogP contribution in [-0.2, 0) is 32.1 Å². The minimum Gasteiger partial charge on any atom is -0.445 e. The summed E-state index contributed by atoms with van der Waals surface area (Å²) in [5.74, 6) is 0.718. The smallest absolute Gasteiger partial charge is 0.410 e. The van der Waals surface area contributed by atoms with E-state index in [4.69, 9.17) is 8.92 Å². The molecule has 1 aromatic heterocycles. The van der Waals surface area contributed by atoms with Gasteiger partial charge in [-0.2, -0.15) is 8.42 Å². The van der Waals surface area contributed by atoms with Crippen LogP contribution in [0.1, 0.15) is 17.8 Å². The molecule has 1 fully saturated rings. The lowest BCUT2D eigenvalue weighted by atomic mass is 10.1. The number of hydrogen-bond acceptors (Lipinski definition) is 6. The first-order valence-electron chi connectivity index (χ1n) is 8.24. The number of likely N-dealkylation sites (tertiary alicyclic amines) is 1. The highest BCUT2D eigenvalue weighted by Gasteiger charge is 2.38. The molecule has 0 saturated carbocycles. The number of imidazole rings is 1. The predicted molar refractivity (Wildman–Crippen MR) is 93.7 cm³/mol. The maximum Gasteiger partial charge on any atom is 0.410 e. The van der Waals surface area contributed by atoms with E-state index in [0.717, 1.165) is 17.6 Å². The summed E-state index contributed by atoms with van der Waals surface area (Å²) in [5.41, 5.74) is 0.881. The van der Waals surface area contributed by atoms with Crippen LogP contribution in [0.2, 0.25) is 0 Å². The largest absolute Gasteiger partial charge is 0.445 e. The number of H-pyrrole nitrogens is 1. The minimum absolute atomic E-state index is 0.154. The normalized spacial score (nSPS) is 20.3. The van der Waals surface area contributed by atoms with E-state index in [-0.39, 0.29) is 19.2 Å². The molecule has 1 amide bonds. The van der Waals surface area contributed by atoms with E-state index in [9.17, 15) is 13.2 Å². The van der Waals surface area contributed by atoms with E-state index in [1.807, 2.05) is 30.3 Å². The first-order chi connectivity index (χ1) is 12.4. The molecule has 1 saturated heterocycles. The summed E-state index contributed by atoms with van der Waals surface area (Å²) in [6, 6.07) is 9.11. The summed E-state index contributed by atoms with van der Waals surface area (Å²) in [5, 5.41) is 0. The summed E-state index contributed by atoms with van der Waals surface area (Å²) >= 11 is 0. The van der Waals surface area contributed by atoms with Gasteiger partial charge in [-0.3, -0.25) is 4.18 Å². The number of carbonyl (C=O) groups is 1. The van der Waals surface area contributed by atoms with Crippen molar-refractivity contribution in [1.82, 2.24) is 14.9 Å². The minimum atomic E-state index is -3.60. The van der Waals surface area contributed by atoms with Gasteiger partial charge < -0.3 is 14.6 Å². The standard InChI is InChI=1S/C17H21N3O5S/c1-26(22,23)25-15-9-14(10-16-18-7-8-19-16)20(11-15)17(21)24-12-13-5-3-2-4-6-13/h2-8,14-15H,9-12H2,1H3,(H,18,19). The third-order valence-corrected chi connectivity index (χ3v) is 4.73. The predicted octanol–water partition coefficient (Wildman–Crippen LogP) is 1.71. The Morgan fingerprint density at radius 3 is 2.77 bits per heavy atom. The van der Waals surface area contributed by atoms with Gasteiger partial charge in [0.15, 0.2) is 0 Å². The maximum absolute atomic E-state index is 12.5.